The number of halogens is 2. The van der Waals surface area contributed by atoms with Crippen molar-refractivity contribution in [2.45, 2.75) is 4.90 Å². The summed E-state index contributed by atoms with van der Waals surface area (Å²) in [6.07, 6.45) is 1.51. The van der Waals surface area contributed by atoms with E-state index in [1.807, 2.05) is 0 Å². The molecule has 0 bridgehead atoms. The van der Waals surface area contributed by atoms with Crippen molar-refractivity contribution in [3.8, 4) is 0 Å². The van der Waals surface area contributed by atoms with E-state index >= 15 is 0 Å². The second kappa shape index (κ2) is 6.44. The van der Waals surface area contributed by atoms with E-state index in [1.54, 1.807) is 18.2 Å². The lowest BCUT2D eigenvalue weighted by Crippen LogP contribution is -1.98. The van der Waals surface area contributed by atoms with E-state index in [0.29, 0.717) is 21.3 Å². The number of rotatable bonds is 4. The molecular formula is C13H10Cl2N2O3S. The highest BCUT2D eigenvalue weighted by Gasteiger charge is 2.07. The Kier molecular flexibility index (Phi) is 4.84. The summed E-state index contributed by atoms with van der Waals surface area (Å²) in [7, 11) is -4.19. The van der Waals surface area contributed by atoms with Crippen LogP contribution in [-0.4, -0.2) is 19.2 Å². The van der Waals surface area contributed by atoms with Gasteiger partial charge >= 0.3 is 0 Å². The van der Waals surface area contributed by atoms with Crippen molar-refractivity contribution in [1.29, 1.82) is 0 Å². The van der Waals surface area contributed by atoms with E-state index in [1.165, 1.54) is 30.5 Å². The van der Waals surface area contributed by atoms with Crippen LogP contribution >= 0.6 is 23.2 Å². The summed E-state index contributed by atoms with van der Waals surface area (Å²) in [5, 5.41) is 4.98. The van der Waals surface area contributed by atoms with Crippen LogP contribution in [0.2, 0.25) is 10.0 Å². The molecule has 0 amide bonds. The third kappa shape index (κ3) is 4.44. The second-order valence-corrected chi connectivity index (χ2v) is 6.30. The third-order valence-corrected chi connectivity index (χ3v) is 3.94. The van der Waals surface area contributed by atoms with Crippen molar-refractivity contribution in [2.75, 3.05) is 5.43 Å². The van der Waals surface area contributed by atoms with E-state index in [9.17, 15) is 8.42 Å². The summed E-state index contributed by atoms with van der Waals surface area (Å²) in [5.41, 5.74) is 3.96. The van der Waals surface area contributed by atoms with Gasteiger partial charge in [0.1, 0.15) is 0 Å². The molecule has 0 unspecified atom stereocenters. The zero-order valence-electron chi connectivity index (χ0n) is 10.5. The first kappa shape index (κ1) is 15.8. The molecule has 2 N–H and O–H groups in total. The Balaban J connectivity index is 2.07. The second-order valence-electron chi connectivity index (χ2n) is 4.04. The van der Waals surface area contributed by atoms with Gasteiger partial charge in [-0.3, -0.25) is 9.98 Å². The normalized spacial score (nSPS) is 11.8. The Morgan fingerprint density at radius 2 is 1.76 bits per heavy atom. The van der Waals surface area contributed by atoms with Crippen LogP contribution in [0.4, 0.5) is 5.69 Å². The molecule has 0 heterocycles. The summed E-state index contributed by atoms with van der Waals surface area (Å²) in [6.45, 7) is 0. The first-order valence-electron chi connectivity index (χ1n) is 5.68. The number of nitrogens with zero attached hydrogens (tertiary/aromatic N) is 1. The number of hydrogen-bond acceptors (Lipinski definition) is 4. The molecule has 0 saturated heterocycles. The topological polar surface area (TPSA) is 78.8 Å². The standard InChI is InChI=1S/C13H10Cl2N2O3S/c14-10-2-1-9(13(15)7-10)8-16-17-11-3-5-12(6-4-11)21(18,19)20/h1-8,17H,(H,18,19,20). The van der Waals surface area contributed by atoms with Crippen LogP contribution in [0.3, 0.4) is 0 Å². The molecule has 0 aliphatic rings. The zero-order chi connectivity index (χ0) is 15.5. The lowest BCUT2D eigenvalue weighted by molar-refractivity contribution is 0.483. The fraction of sp³-hybridized carbons (Fsp3) is 0. The SMILES string of the molecule is O=S(=O)(O)c1ccc(NN=Cc2ccc(Cl)cc2Cl)cc1. The largest absolute Gasteiger partial charge is 0.294 e. The van der Waals surface area contributed by atoms with Crippen molar-refractivity contribution in [1.82, 2.24) is 0 Å². The molecule has 0 fully saturated rings. The highest BCUT2D eigenvalue weighted by atomic mass is 35.5. The van der Waals surface area contributed by atoms with Crippen LogP contribution in [0.15, 0.2) is 52.5 Å². The Morgan fingerprint density at radius 1 is 1.10 bits per heavy atom. The van der Waals surface area contributed by atoms with Gasteiger partial charge < -0.3 is 0 Å². The minimum absolute atomic E-state index is 0.183. The summed E-state index contributed by atoms with van der Waals surface area (Å²) in [4.78, 5) is -0.183. The van der Waals surface area contributed by atoms with Crippen LogP contribution in [0.25, 0.3) is 0 Å². The number of hydrogen-bond donors (Lipinski definition) is 2. The maximum absolute atomic E-state index is 10.9. The molecule has 0 radical (unpaired) electrons. The van der Waals surface area contributed by atoms with Crippen molar-refractivity contribution in [3.05, 3.63) is 58.1 Å². The Bertz CT molecular complexity index is 775. The van der Waals surface area contributed by atoms with Gasteiger partial charge in [0.2, 0.25) is 0 Å². The molecule has 2 rings (SSSR count). The van der Waals surface area contributed by atoms with Crippen LogP contribution < -0.4 is 5.43 Å². The maximum atomic E-state index is 10.9. The van der Waals surface area contributed by atoms with Gasteiger partial charge in [-0.15, -0.1) is 0 Å². The number of anilines is 1. The molecule has 0 aliphatic heterocycles. The van der Waals surface area contributed by atoms with E-state index in [2.05, 4.69) is 10.5 Å². The van der Waals surface area contributed by atoms with E-state index in [4.69, 9.17) is 27.8 Å². The van der Waals surface area contributed by atoms with Crippen LogP contribution in [-0.2, 0) is 10.1 Å². The van der Waals surface area contributed by atoms with Gasteiger partial charge in [0.05, 0.1) is 21.8 Å². The quantitative estimate of drug-likeness (QED) is 0.503. The highest BCUT2D eigenvalue weighted by molar-refractivity contribution is 7.85. The molecule has 0 spiro atoms. The van der Waals surface area contributed by atoms with Gasteiger partial charge in [0.25, 0.3) is 10.1 Å². The molecule has 21 heavy (non-hydrogen) atoms. The van der Waals surface area contributed by atoms with Crippen LogP contribution in [0.1, 0.15) is 5.56 Å². The first-order valence-corrected chi connectivity index (χ1v) is 7.87. The third-order valence-electron chi connectivity index (χ3n) is 2.51. The zero-order valence-corrected chi connectivity index (χ0v) is 12.8. The average Bonchev–Trinajstić information content (AvgIpc) is 2.41. The maximum Gasteiger partial charge on any atom is 0.294 e. The molecule has 0 aromatic heterocycles. The molecule has 0 aliphatic carbocycles. The summed E-state index contributed by atoms with van der Waals surface area (Å²) in [5.74, 6) is 0. The van der Waals surface area contributed by atoms with Crippen LogP contribution in [0, 0.1) is 0 Å². The van der Waals surface area contributed by atoms with Crippen molar-refractivity contribution in [2.24, 2.45) is 5.10 Å². The monoisotopic (exact) mass is 344 g/mol. The molecule has 0 saturated carbocycles. The van der Waals surface area contributed by atoms with Gasteiger partial charge in [0, 0.05) is 10.6 Å². The average molecular weight is 345 g/mol. The number of hydrazone groups is 1. The van der Waals surface area contributed by atoms with Crippen molar-refractivity contribution in [3.63, 3.8) is 0 Å². The van der Waals surface area contributed by atoms with Crippen molar-refractivity contribution >= 4 is 45.2 Å². The van der Waals surface area contributed by atoms with E-state index in [-0.39, 0.29) is 4.90 Å². The van der Waals surface area contributed by atoms with E-state index < -0.39 is 10.1 Å². The van der Waals surface area contributed by atoms with Crippen LogP contribution in [0.5, 0.6) is 0 Å². The minimum Gasteiger partial charge on any atom is -0.282 e. The fourth-order valence-electron chi connectivity index (χ4n) is 1.48. The molecule has 8 heteroatoms. The van der Waals surface area contributed by atoms with Gasteiger partial charge in [-0.2, -0.15) is 13.5 Å². The molecule has 110 valence electrons. The molecule has 2 aromatic rings. The number of nitrogens with one attached hydrogen (secondary N) is 1. The predicted octanol–water partition coefficient (Wildman–Crippen LogP) is 3.69. The molecule has 5 nitrogen and oxygen atoms in total. The Morgan fingerprint density at radius 3 is 2.33 bits per heavy atom. The Labute approximate surface area is 132 Å². The smallest absolute Gasteiger partial charge is 0.282 e. The van der Waals surface area contributed by atoms with E-state index in [0.717, 1.165) is 0 Å². The summed E-state index contributed by atoms with van der Waals surface area (Å²) >= 11 is 11.8. The lowest BCUT2D eigenvalue weighted by atomic mass is 10.2. The number of benzene rings is 2. The lowest BCUT2D eigenvalue weighted by Gasteiger charge is -2.02. The summed E-state index contributed by atoms with van der Waals surface area (Å²) < 4.78 is 30.6. The van der Waals surface area contributed by atoms with Gasteiger partial charge in [-0.25, -0.2) is 0 Å². The predicted molar refractivity (Wildman–Crippen MR) is 83.9 cm³/mol. The van der Waals surface area contributed by atoms with Gasteiger partial charge in [-0.1, -0.05) is 29.3 Å². The highest BCUT2D eigenvalue weighted by Crippen LogP contribution is 2.19. The minimum atomic E-state index is -4.19. The fourth-order valence-corrected chi connectivity index (χ4v) is 2.42. The Hall–Kier alpha value is -1.60. The molecule has 2 aromatic carbocycles. The first-order chi connectivity index (χ1) is 9.86. The molecular weight excluding hydrogens is 335 g/mol. The summed E-state index contributed by atoms with van der Waals surface area (Å²) in [6, 6.07) is 10.5. The molecule has 0 atom stereocenters. The van der Waals surface area contributed by atoms with Gasteiger partial charge in [-0.05, 0) is 36.4 Å². The van der Waals surface area contributed by atoms with Gasteiger partial charge in [0.15, 0.2) is 0 Å². The van der Waals surface area contributed by atoms with Crippen molar-refractivity contribution < 1.29 is 13.0 Å².